The second kappa shape index (κ2) is 12.4. The van der Waals surface area contributed by atoms with E-state index >= 15 is 0 Å². The van der Waals surface area contributed by atoms with E-state index in [9.17, 15) is 4.79 Å². The van der Waals surface area contributed by atoms with E-state index in [1.807, 2.05) is 18.5 Å². The molecule has 2 aliphatic carbocycles. The number of anilines is 1. The average molecular weight is 583 g/mol. The van der Waals surface area contributed by atoms with Gasteiger partial charge in [0.2, 0.25) is 5.95 Å². The van der Waals surface area contributed by atoms with Gasteiger partial charge in [-0.25, -0.2) is 9.97 Å². The van der Waals surface area contributed by atoms with E-state index in [4.69, 9.17) is 10.5 Å². The summed E-state index contributed by atoms with van der Waals surface area (Å²) in [5, 5.41) is 15.6. The highest BCUT2D eigenvalue weighted by molar-refractivity contribution is 8.02. The van der Waals surface area contributed by atoms with Crippen molar-refractivity contribution < 1.29 is 9.53 Å². The zero-order valence-electron chi connectivity index (χ0n) is 25.1. The van der Waals surface area contributed by atoms with Crippen LogP contribution in [-0.2, 0) is 16.6 Å². The van der Waals surface area contributed by atoms with Gasteiger partial charge in [-0.15, -0.1) is 0 Å². The number of likely N-dealkylation sites (tertiary alicyclic amines) is 1. The van der Waals surface area contributed by atoms with Gasteiger partial charge in [0, 0.05) is 30.9 Å². The molecule has 0 bridgehead atoms. The topological polar surface area (TPSA) is 134 Å². The lowest BCUT2D eigenvalue weighted by atomic mass is 9.73. The van der Waals surface area contributed by atoms with Crippen LogP contribution in [0.25, 0.3) is 11.4 Å². The minimum Gasteiger partial charge on any atom is -0.374 e. The normalized spacial score (nSPS) is 21.9. The number of rotatable bonds is 9. The molecule has 2 aromatic heterocycles. The van der Waals surface area contributed by atoms with Crippen molar-refractivity contribution in [1.82, 2.24) is 35.7 Å². The Hall–Kier alpha value is -2.47. The highest BCUT2D eigenvalue weighted by atomic mass is 32.2. The molecule has 0 aromatic carbocycles. The summed E-state index contributed by atoms with van der Waals surface area (Å²) in [5.41, 5.74) is 9.36. The summed E-state index contributed by atoms with van der Waals surface area (Å²) < 4.78 is 6.16. The number of hydrogen-bond acceptors (Lipinski definition) is 9. The first-order valence-electron chi connectivity index (χ1n) is 14.9. The summed E-state index contributed by atoms with van der Waals surface area (Å²) in [6.45, 7) is 11.9. The number of nitrogen functional groups attached to an aromatic ring is 1. The van der Waals surface area contributed by atoms with Crippen LogP contribution in [0.2, 0.25) is 0 Å². The van der Waals surface area contributed by atoms with Crippen molar-refractivity contribution in [2.45, 2.75) is 95.7 Å². The second-order valence-electron chi connectivity index (χ2n) is 13.1. The number of nitrogens with two attached hydrogens (primary N) is 1. The first-order valence-corrected chi connectivity index (χ1v) is 15.9. The lowest BCUT2D eigenvalue weighted by Gasteiger charge is -2.42. The van der Waals surface area contributed by atoms with E-state index in [1.165, 1.54) is 37.4 Å². The number of piperidine rings is 1. The first-order chi connectivity index (χ1) is 19.6. The molecule has 3 aliphatic rings. The van der Waals surface area contributed by atoms with Crippen LogP contribution in [0.4, 0.5) is 5.95 Å². The highest BCUT2D eigenvalue weighted by Crippen LogP contribution is 2.43. The van der Waals surface area contributed by atoms with Crippen LogP contribution in [0.5, 0.6) is 0 Å². The molecular weight excluding hydrogens is 536 g/mol. The Balaban J connectivity index is 1.08. The van der Waals surface area contributed by atoms with Crippen LogP contribution in [0.15, 0.2) is 17.7 Å². The SMILES string of the molecule is CNC(NC(=O)c1[nH]nc2c1C(C)(C)Cc1cnc(N)nc1-2)S/C=C/COC1CCN(C2CCC(C)(C)CC2)CC1. The van der Waals surface area contributed by atoms with Crippen molar-refractivity contribution in [3.8, 4) is 11.4 Å². The summed E-state index contributed by atoms with van der Waals surface area (Å²) in [5.74, 6) is -0.0259. The number of aromatic amines is 1. The predicted octanol–water partition coefficient (Wildman–Crippen LogP) is 4.21. The number of aromatic nitrogens is 4. The van der Waals surface area contributed by atoms with Gasteiger partial charge in [0.15, 0.2) is 0 Å². The van der Waals surface area contributed by atoms with Crippen LogP contribution in [0.1, 0.15) is 87.8 Å². The molecule has 1 saturated heterocycles. The fourth-order valence-electron chi connectivity index (χ4n) is 6.54. The molecule has 1 amide bonds. The third kappa shape index (κ3) is 6.96. The monoisotopic (exact) mass is 582 g/mol. The molecule has 5 N–H and O–H groups in total. The molecule has 1 aliphatic heterocycles. The van der Waals surface area contributed by atoms with Crippen LogP contribution in [-0.4, -0.2) is 75.4 Å². The minimum atomic E-state index is -0.315. The zero-order valence-corrected chi connectivity index (χ0v) is 25.9. The lowest BCUT2D eigenvalue weighted by Crippen LogP contribution is -2.45. The summed E-state index contributed by atoms with van der Waals surface area (Å²) in [6.07, 6.45) is 12.3. The third-order valence-electron chi connectivity index (χ3n) is 8.98. The number of H-pyrrole nitrogens is 1. The van der Waals surface area contributed by atoms with Gasteiger partial charge in [0.25, 0.3) is 5.91 Å². The third-order valence-corrected chi connectivity index (χ3v) is 9.95. The number of carbonyl (C=O) groups excluding carboxylic acids is 1. The van der Waals surface area contributed by atoms with Crippen molar-refractivity contribution in [3.63, 3.8) is 0 Å². The molecule has 2 aromatic rings. The second-order valence-corrected chi connectivity index (χ2v) is 14.1. The number of nitrogens with one attached hydrogen (secondary N) is 3. The van der Waals surface area contributed by atoms with Crippen molar-refractivity contribution in [3.05, 3.63) is 34.5 Å². The number of thioether (sulfide) groups is 1. The molecule has 0 spiro atoms. The van der Waals surface area contributed by atoms with Crippen molar-refractivity contribution in [2.75, 3.05) is 32.5 Å². The molecule has 1 atom stereocenters. The fraction of sp³-hybridized carbons (Fsp3) is 0.667. The Morgan fingerprint density at radius 3 is 2.66 bits per heavy atom. The summed E-state index contributed by atoms with van der Waals surface area (Å²) in [7, 11) is 1.83. The van der Waals surface area contributed by atoms with Gasteiger partial charge >= 0.3 is 0 Å². The van der Waals surface area contributed by atoms with Gasteiger partial charge in [-0.1, -0.05) is 45.5 Å². The molecule has 11 heteroatoms. The predicted molar refractivity (Wildman–Crippen MR) is 164 cm³/mol. The van der Waals surface area contributed by atoms with Gasteiger partial charge in [0.1, 0.15) is 16.9 Å². The number of nitrogens with zero attached hydrogens (tertiary/aromatic N) is 4. The molecule has 5 rings (SSSR count). The molecule has 1 unspecified atom stereocenters. The Morgan fingerprint density at radius 1 is 1.22 bits per heavy atom. The largest absolute Gasteiger partial charge is 0.374 e. The Bertz CT molecular complexity index is 1240. The van der Waals surface area contributed by atoms with Gasteiger partial charge < -0.3 is 20.7 Å². The van der Waals surface area contributed by atoms with E-state index < -0.39 is 0 Å². The van der Waals surface area contributed by atoms with Crippen molar-refractivity contribution >= 4 is 23.6 Å². The number of amides is 1. The lowest BCUT2D eigenvalue weighted by molar-refractivity contribution is 0.000154. The molecule has 224 valence electrons. The molecule has 1 saturated carbocycles. The van der Waals surface area contributed by atoms with E-state index in [-0.39, 0.29) is 22.8 Å². The van der Waals surface area contributed by atoms with Crippen LogP contribution in [0.3, 0.4) is 0 Å². The minimum absolute atomic E-state index is 0.194. The Morgan fingerprint density at radius 2 is 1.95 bits per heavy atom. The van der Waals surface area contributed by atoms with Crippen molar-refractivity contribution in [2.24, 2.45) is 5.41 Å². The fourth-order valence-corrected chi connectivity index (χ4v) is 7.20. The summed E-state index contributed by atoms with van der Waals surface area (Å²) in [4.78, 5) is 24.6. The van der Waals surface area contributed by atoms with E-state index in [2.05, 4.69) is 63.4 Å². The maximum absolute atomic E-state index is 13.3. The van der Waals surface area contributed by atoms with Gasteiger partial charge in [-0.2, -0.15) is 5.10 Å². The molecular formula is C30H46N8O2S. The highest BCUT2D eigenvalue weighted by Gasteiger charge is 2.39. The quantitative estimate of drug-likeness (QED) is 0.321. The summed E-state index contributed by atoms with van der Waals surface area (Å²) >= 11 is 1.50. The number of hydrogen-bond donors (Lipinski definition) is 4. The maximum Gasteiger partial charge on any atom is 0.271 e. The van der Waals surface area contributed by atoms with E-state index in [0.29, 0.717) is 41.6 Å². The van der Waals surface area contributed by atoms with Crippen LogP contribution < -0.4 is 16.4 Å². The van der Waals surface area contributed by atoms with Gasteiger partial charge in [-0.3, -0.25) is 15.2 Å². The first kappa shape index (κ1) is 30.0. The average Bonchev–Trinajstić information content (AvgIpc) is 3.40. The Labute approximate surface area is 248 Å². The smallest absolute Gasteiger partial charge is 0.271 e. The van der Waals surface area contributed by atoms with Crippen molar-refractivity contribution in [1.29, 1.82) is 0 Å². The van der Waals surface area contributed by atoms with Gasteiger partial charge in [-0.05, 0) is 73.8 Å². The molecule has 0 radical (unpaired) electrons. The molecule has 10 nitrogen and oxygen atoms in total. The standard InChI is InChI=1S/C30H46N8O2S/c1-29(2)11-7-20(8-12-29)38-13-9-21(10-14-38)40-15-6-16-41-28(32-5)35-26(39)25-22-24(36-37-25)23-19(17-30(22,3)4)18-33-27(31)34-23/h6,16,18,20-21,28,32H,7-15,17H2,1-5H3,(H,35,39)(H,36,37)(H2,31,33,34)/b16-6+. The van der Waals surface area contributed by atoms with Gasteiger partial charge in [0.05, 0.1) is 18.4 Å². The molecule has 3 heterocycles. The van der Waals surface area contributed by atoms with E-state index in [1.54, 1.807) is 6.20 Å². The zero-order chi connectivity index (χ0) is 29.2. The Kier molecular flexibility index (Phi) is 9.08. The van der Waals surface area contributed by atoms with Crippen LogP contribution in [0, 0.1) is 5.41 Å². The maximum atomic E-state index is 13.3. The molecule has 2 fully saturated rings. The van der Waals surface area contributed by atoms with Crippen LogP contribution >= 0.6 is 11.8 Å². The number of fused-ring (bicyclic) bond motifs is 3. The number of ether oxygens (including phenoxy) is 1. The summed E-state index contributed by atoms with van der Waals surface area (Å²) in [6, 6.07) is 0.760. The number of carbonyl (C=O) groups is 1. The van der Waals surface area contributed by atoms with E-state index in [0.717, 1.165) is 43.1 Å². The molecule has 41 heavy (non-hydrogen) atoms.